The van der Waals surface area contributed by atoms with E-state index in [1.54, 1.807) is 48.7 Å². The van der Waals surface area contributed by atoms with Crippen LogP contribution < -0.4 is 21.7 Å². The van der Waals surface area contributed by atoms with Gasteiger partial charge in [-0.15, -0.1) is 0 Å². The summed E-state index contributed by atoms with van der Waals surface area (Å²) in [6.07, 6.45) is 0.0410. The molecule has 0 fully saturated rings. The van der Waals surface area contributed by atoms with Crippen molar-refractivity contribution >= 4 is 46.5 Å². The summed E-state index contributed by atoms with van der Waals surface area (Å²) < 4.78 is 0. The van der Waals surface area contributed by atoms with Gasteiger partial charge in [-0.3, -0.25) is 24.0 Å². The minimum absolute atomic E-state index is 0.0603. The number of carboxylic acid groups (broad SMARTS) is 3. The Morgan fingerprint density at radius 3 is 1.98 bits per heavy atom. The van der Waals surface area contributed by atoms with Crippen molar-refractivity contribution in [1.82, 2.24) is 20.9 Å². The molecule has 0 aliphatic carbocycles. The quantitative estimate of drug-likeness (QED) is 0.105. The number of quaternary nitrogens is 1. The van der Waals surface area contributed by atoms with Crippen molar-refractivity contribution in [3.05, 3.63) is 71.9 Å². The summed E-state index contributed by atoms with van der Waals surface area (Å²) in [5, 5.41) is 36.1. The van der Waals surface area contributed by atoms with E-state index in [9.17, 15) is 39.0 Å². The summed E-state index contributed by atoms with van der Waals surface area (Å²) in [5.74, 6) is -6.43. The molecule has 3 aromatic rings. The van der Waals surface area contributed by atoms with E-state index in [2.05, 4.69) is 26.7 Å². The van der Waals surface area contributed by atoms with Crippen molar-refractivity contribution in [3.63, 3.8) is 0 Å². The highest BCUT2D eigenvalue weighted by atomic mass is 16.4. The zero-order valence-corrected chi connectivity index (χ0v) is 23.1. The molecule has 1 heterocycles. The lowest BCUT2D eigenvalue weighted by atomic mass is 10.0. The van der Waals surface area contributed by atoms with Crippen molar-refractivity contribution in [2.45, 2.75) is 56.3 Å². The predicted octanol–water partition coefficient (Wildman–Crippen LogP) is -0.558. The standard InChI is InChI=1S/C29H33N5O9/c30-19(14-25(37)38)26(39)33-22(13-17-15-31-20-9-5-4-8-18(17)20)28(41)32-21(10-11-24(35)36)27(40)34-23(29(42)43)12-16-6-2-1-3-7-16/h1-9,15,19,21-23,31H,10-14,30H2,(H,32,41)(H,33,39)(H,34,40)(H,35,36)(H,37,38)(H,42,43)/p+1/t19-,21-,22-,23-/m0/s1. The first kappa shape index (κ1) is 32.3. The first-order valence-electron chi connectivity index (χ1n) is 13.4. The Balaban J connectivity index is 1.84. The van der Waals surface area contributed by atoms with Gasteiger partial charge in [-0.2, -0.15) is 0 Å². The molecule has 3 rings (SSSR count). The molecule has 0 saturated carbocycles. The maximum atomic E-state index is 13.5. The highest BCUT2D eigenvalue weighted by Gasteiger charge is 2.32. The molecule has 14 nitrogen and oxygen atoms in total. The van der Waals surface area contributed by atoms with Crippen molar-refractivity contribution in [3.8, 4) is 0 Å². The molecule has 43 heavy (non-hydrogen) atoms. The van der Waals surface area contributed by atoms with Gasteiger partial charge in [-0.25, -0.2) is 4.79 Å². The van der Waals surface area contributed by atoms with E-state index in [1.165, 1.54) is 0 Å². The minimum Gasteiger partial charge on any atom is -0.481 e. The molecule has 4 atom stereocenters. The molecule has 0 aliphatic heterocycles. The zero-order chi connectivity index (χ0) is 31.5. The van der Waals surface area contributed by atoms with E-state index < -0.39 is 72.6 Å². The molecule has 0 saturated heterocycles. The zero-order valence-electron chi connectivity index (χ0n) is 23.1. The van der Waals surface area contributed by atoms with E-state index in [1.807, 2.05) is 12.1 Å². The fourth-order valence-corrected chi connectivity index (χ4v) is 4.45. The fraction of sp³-hybridized carbons (Fsp3) is 0.310. The summed E-state index contributed by atoms with van der Waals surface area (Å²) in [4.78, 5) is 76.9. The monoisotopic (exact) mass is 596 g/mol. The average molecular weight is 597 g/mol. The smallest absolute Gasteiger partial charge is 0.326 e. The van der Waals surface area contributed by atoms with Crippen molar-refractivity contribution in [2.75, 3.05) is 0 Å². The summed E-state index contributed by atoms with van der Waals surface area (Å²) in [5.41, 5.74) is 5.57. The van der Waals surface area contributed by atoms with Crippen LogP contribution in [0, 0.1) is 0 Å². The Bertz CT molecular complexity index is 1470. The van der Waals surface area contributed by atoms with E-state index in [0.29, 0.717) is 11.1 Å². The van der Waals surface area contributed by atoms with E-state index in [4.69, 9.17) is 5.11 Å². The van der Waals surface area contributed by atoms with Gasteiger partial charge in [0.2, 0.25) is 11.8 Å². The minimum atomic E-state index is -1.46. The lowest BCUT2D eigenvalue weighted by Gasteiger charge is -2.24. The van der Waals surface area contributed by atoms with E-state index >= 15 is 0 Å². The summed E-state index contributed by atoms with van der Waals surface area (Å²) >= 11 is 0. The number of rotatable bonds is 16. The van der Waals surface area contributed by atoms with Gasteiger partial charge >= 0.3 is 17.9 Å². The predicted molar refractivity (Wildman–Crippen MR) is 151 cm³/mol. The third-order valence-electron chi connectivity index (χ3n) is 6.70. The number of aromatic nitrogens is 1. The van der Waals surface area contributed by atoms with Gasteiger partial charge in [0.25, 0.3) is 5.91 Å². The average Bonchev–Trinajstić information content (AvgIpc) is 3.37. The van der Waals surface area contributed by atoms with Crippen molar-refractivity contribution < 1.29 is 49.8 Å². The number of nitrogens with one attached hydrogen (secondary N) is 4. The molecule has 0 spiro atoms. The molecule has 0 bridgehead atoms. The Morgan fingerprint density at radius 1 is 0.721 bits per heavy atom. The van der Waals surface area contributed by atoms with Gasteiger partial charge in [0.05, 0.1) is 0 Å². The Kier molecular flexibility index (Phi) is 11.3. The number of amides is 3. The van der Waals surface area contributed by atoms with Gasteiger partial charge in [-0.05, 0) is 23.6 Å². The number of hydrogen-bond acceptors (Lipinski definition) is 6. The number of aliphatic carboxylic acids is 3. The third-order valence-corrected chi connectivity index (χ3v) is 6.70. The molecular formula is C29H34N5O9+. The highest BCUT2D eigenvalue weighted by Crippen LogP contribution is 2.19. The highest BCUT2D eigenvalue weighted by molar-refractivity contribution is 5.95. The van der Waals surface area contributed by atoms with Gasteiger partial charge < -0.3 is 42.0 Å². The molecule has 10 N–H and O–H groups in total. The van der Waals surface area contributed by atoms with Gasteiger partial charge in [-0.1, -0.05) is 48.5 Å². The number of H-pyrrole nitrogens is 1. The van der Waals surface area contributed by atoms with Crippen LogP contribution in [-0.4, -0.2) is 80.1 Å². The van der Waals surface area contributed by atoms with E-state index in [0.717, 1.165) is 10.9 Å². The van der Waals surface area contributed by atoms with Crippen LogP contribution in [0.15, 0.2) is 60.8 Å². The molecule has 1 aromatic heterocycles. The number of fused-ring (bicyclic) bond motifs is 1. The molecule has 2 aromatic carbocycles. The van der Waals surface area contributed by atoms with Crippen molar-refractivity contribution in [2.24, 2.45) is 0 Å². The van der Waals surface area contributed by atoms with Crippen LogP contribution in [0.2, 0.25) is 0 Å². The Hall–Kier alpha value is -5.24. The number of aromatic amines is 1. The Morgan fingerprint density at radius 2 is 1.33 bits per heavy atom. The molecule has 0 aliphatic rings. The largest absolute Gasteiger partial charge is 0.481 e. The second kappa shape index (κ2) is 15.1. The number of carboxylic acids is 3. The second-order valence-electron chi connectivity index (χ2n) is 10.0. The normalized spacial score (nSPS) is 13.7. The molecule has 14 heteroatoms. The first-order valence-corrected chi connectivity index (χ1v) is 13.4. The van der Waals surface area contributed by atoms with Gasteiger partial charge in [0, 0.05) is 36.4 Å². The lowest BCUT2D eigenvalue weighted by molar-refractivity contribution is -0.403. The van der Waals surface area contributed by atoms with Gasteiger partial charge in [0.1, 0.15) is 24.5 Å². The van der Waals surface area contributed by atoms with E-state index in [-0.39, 0.29) is 19.3 Å². The van der Waals surface area contributed by atoms with Crippen LogP contribution in [-0.2, 0) is 41.6 Å². The number of benzene rings is 2. The topological polar surface area (TPSA) is 243 Å². The fourth-order valence-electron chi connectivity index (χ4n) is 4.45. The summed E-state index contributed by atoms with van der Waals surface area (Å²) in [6.45, 7) is 0. The van der Waals surface area contributed by atoms with Crippen LogP contribution in [0.3, 0.4) is 0 Å². The molecule has 3 amide bonds. The Labute approximate surface area is 245 Å². The maximum absolute atomic E-state index is 13.5. The SMILES string of the molecule is [NH3+][C@@H](CC(=O)O)C(=O)N[C@@H](Cc1c[nH]c2ccccc12)C(=O)N[C@@H](CCC(=O)O)C(=O)N[C@@H](Cc1ccccc1)C(=O)O. The van der Waals surface area contributed by atoms with Crippen LogP contribution in [0.1, 0.15) is 30.4 Å². The molecule has 0 radical (unpaired) electrons. The summed E-state index contributed by atoms with van der Waals surface area (Å²) in [6, 6.07) is 10.4. The van der Waals surface area contributed by atoms with Crippen LogP contribution in [0.4, 0.5) is 0 Å². The van der Waals surface area contributed by atoms with Crippen LogP contribution in [0.5, 0.6) is 0 Å². The van der Waals surface area contributed by atoms with Gasteiger partial charge in [0.15, 0.2) is 6.04 Å². The van der Waals surface area contributed by atoms with Crippen molar-refractivity contribution in [1.29, 1.82) is 0 Å². The lowest BCUT2D eigenvalue weighted by Crippen LogP contribution is -2.69. The molecular weight excluding hydrogens is 562 g/mol. The van der Waals surface area contributed by atoms with Crippen LogP contribution in [0.25, 0.3) is 10.9 Å². The summed E-state index contributed by atoms with van der Waals surface area (Å²) in [7, 11) is 0. The first-order chi connectivity index (χ1) is 20.4. The number of hydrogen-bond donors (Lipinski definition) is 8. The van der Waals surface area contributed by atoms with Crippen LogP contribution >= 0.6 is 0 Å². The molecule has 228 valence electrons. The molecule has 0 unspecified atom stereocenters. The second-order valence-corrected chi connectivity index (χ2v) is 10.0. The number of para-hydroxylation sites is 1. The number of carbonyl (C=O) groups excluding carboxylic acids is 3. The third kappa shape index (κ3) is 9.67. The maximum Gasteiger partial charge on any atom is 0.326 e. The number of carbonyl (C=O) groups is 6.